The van der Waals surface area contributed by atoms with Gasteiger partial charge in [-0.15, -0.1) is 0 Å². The van der Waals surface area contributed by atoms with Crippen molar-refractivity contribution in [3.05, 3.63) is 53.2 Å². The Morgan fingerprint density at radius 1 is 1.11 bits per heavy atom. The minimum atomic E-state index is -4.38. The zero-order valence-corrected chi connectivity index (χ0v) is 15.8. The minimum Gasteiger partial charge on any atom is -0.354 e. The Kier molecular flexibility index (Phi) is 6.41. The van der Waals surface area contributed by atoms with Crippen LogP contribution in [0.3, 0.4) is 0 Å². The molecule has 0 radical (unpaired) electrons. The van der Waals surface area contributed by atoms with E-state index in [0.717, 1.165) is 12.3 Å². The molecule has 1 fully saturated rings. The third-order valence-electron chi connectivity index (χ3n) is 4.57. The Labute approximate surface area is 166 Å². The molecule has 0 atom stereocenters. The SMILES string of the molecule is O=C(CCN1CCN(c2ccc(C(F)(F)F)cn2)CC1)Nc1ccccc1Cl. The van der Waals surface area contributed by atoms with Crippen LogP contribution in [0, 0.1) is 0 Å². The molecule has 1 amide bonds. The fraction of sp³-hybridized carbons (Fsp3) is 0.368. The quantitative estimate of drug-likeness (QED) is 0.809. The van der Waals surface area contributed by atoms with Crippen molar-refractivity contribution in [2.45, 2.75) is 12.6 Å². The van der Waals surface area contributed by atoms with Gasteiger partial charge in [0.2, 0.25) is 5.91 Å². The van der Waals surface area contributed by atoms with E-state index in [0.29, 0.717) is 55.7 Å². The van der Waals surface area contributed by atoms with Gasteiger partial charge >= 0.3 is 6.18 Å². The predicted octanol–water partition coefficient (Wildman–Crippen LogP) is 3.90. The summed E-state index contributed by atoms with van der Waals surface area (Å²) in [6.07, 6.45) is -3.18. The van der Waals surface area contributed by atoms with Gasteiger partial charge in [-0.2, -0.15) is 13.2 Å². The third-order valence-corrected chi connectivity index (χ3v) is 4.90. The van der Waals surface area contributed by atoms with Crippen LogP contribution in [0.25, 0.3) is 0 Å². The molecule has 2 heterocycles. The van der Waals surface area contributed by atoms with Gasteiger partial charge in [0.05, 0.1) is 16.3 Å². The molecule has 9 heteroatoms. The van der Waals surface area contributed by atoms with Crippen LogP contribution in [-0.2, 0) is 11.0 Å². The second-order valence-electron chi connectivity index (χ2n) is 6.51. The standard InChI is InChI=1S/C19H20ClF3N4O/c20-15-3-1-2-4-16(15)25-18(28)7-8-26-9-11-27(12-10-26)17-6-5-14(13-24-17)19(21,22)23/h1-6,13H,7-12H2,(H,25,28). The van der Waals surface area contributed by atoms with E-state index in [9.17, 15) is 18.0 Å². The lowest BCUT2D eigenvalue weighted by molar-refractivity contribution is -0.137. The summed E-state index contributed by atoms with van der Waals surface area (Å²) in [5.41, 5.74) is -0.160. The topological polar surface area (TPSA) is 48.5 Å². The van der Waals surface area contributed by atoms with Crippen LogP contribution in [0.15, 0.2) is 42.6 Å². The molecule has 1 aliphatic rings. The van der Waals surface area contributed by atoms with Crippen LogP contribution in [0.2, 0.25) is 5.02 Å². The summed E-state index contributed by atoms with van der Waals surface area (Å²) in [6.45, 7) is 3.31. The van der Waals surface area contributed by atoms with E-state index >= 15 is 0 Å². The Bertz CT molecular complexity index is 806. The van der Waals surface area contributed by atoms with Crippen molar-refractivity contribution in [3.63, 3.8) is 0 Å². The lowest BCUT2D eigenvalue weighted by atomic mass is 10.2. The number of carbonyl (C=O) groups is 1. The summed E-state index contributed by atoms with van der Waals surface area (Å²) in [6, 6.07) is 9.50. The van der Waals surface area contributed by atoms with E-state index in [1.54, 1.807) is 24.3 Å². The molecule has 1 aromatic carbocycles. The first-order chi connectivity index (χ1) is 13.3. The molecule has 5 nitrogen and oxygen atoms in total. The van der Waals surface area contributed by atoms with Crippen molar-refractivity contribution >= 4 is 29.0 Å². The molecule has 1 N–H and O–H groups in total. The highest BCUT2D eigenvalue weighted by molar-refractivity contribution is 6.33. The number of para-hydroxylation sites is 1. The normalized spacial score (nSPS) is 15.5. The molecule has 1 saturated heterocycles. The van der Waals surface area contributed by atoms with Crippen molar-refractivity contribution in [2.75, 3.05) is 42.9 Å². The Balaban J connectivity index is 1.44. The lowest BCUT2D eigenvalue weighted by Crippen LogP contribution is -2.47. The number of piperazine rings is 1. The number of nitrogens with zero attached hydrogens (tertiary/aromatic N) is 3. The van der Waals surface area contributed by atoms with Gasteiger partial charge in [0.25, 0.3) is 0 Å². The average molecular weight is 413 g/mol. The number of nitrogens with one attached hydrogen (secondary N) is 1. The number of hydrogen-bond acceptors (Lipinski definition) is 4. The summed E-state index contributed by atoms with van der Waals surface area (Å²) >= 11 is 6.03. The maximum atomic E-state index is 12.6. The van der Waals surface area contributed by atoms with Gasteiger partial charge in [-0.25, -0.2) is 4.98 Å². The minimum absolute atomic E-state index is 0.111. The molecule has 1 aromatic heterocycles. The van der Waals surface area contributed by atoms with Gasteiger partial charge in [-0.05, 0) is 24.3 Å². The largest absolute Gasteiger partial charge is 0.417 e. The van der Waals surface area contributed by atoms with E-state index in [1.807, 2.05) is 4.90 Å². The van der Waals surface area contributed by atoms with Gasteiger partial charge in [-0.3, -0.25) is 9.69 Å². The number of carbonyl (C=O) groups excluding carboxylic acids is 1. The highest BCUT2D eigenvalue weighted by Crippen LogP contribution is 2.29. The van der Waals surface area contributed by atoms with Crippen LogP contribution in [-0.4, -0.2) is 48.5 Å². The maximum absolute atomic E-state index is 12.6. The highest BCUT2D eigenvalue weighted by Gasteiger charge is 2.31. The number of anilines is 2. The second-order valence-corrected chi connectivity index (χ2v) is 6.92. The fourth-order valence-electron chi connectivity index (χ4n) is 2.98. The summed E-state index contributed by atoms with van der Waals surface area (Å²) in [5.74, 6) is 0.420. The molecule has 0 aliphatic carbocycles. The number of benzene rings is 1. The third kappa shape index (κ3) is 5.36. The van der Waals surface area contributed by atoms with Crippen LogP contribution >= 0.6 is 11.6 Å². The summed E-state index contributed by atoms with van der Waals surface area (Å²) in [4.78, 5) is 20.1. The molecule has 0 spiro atoms. The summed E-state index contributed by atoms with van der Waals surface area (Å²) in [7, 11) is 0. The van der Waals surface area contributed by atoms with Crippen molar-refractivity contribution in [2.24, 2.45) is 0 Å². The molecule has 0 unspecified atom stereocenters. The van der Waals surface area contributed by atoms with Gasteiger partial charge in [0.15, 0.2) is 0 Å². The molecule has 0 saturated carbocycles. The van der Waals surface area contributed by atoms with Gasteiger partial charge in [-0.1, -0.05) is 23.7 Å². The fourth-order valence-corrected chi connectivity index (χ4v) is 3.16. The van der Waals surface area contributed by atoms with E-state index < -0.39 is 11.7 Å². The number of pyridine rings is 1. The van der Waals surface area contributed by atoms with Crippen LogP contribution in [0.4, 0.5) is 24.7 Å². The summed E-state index contributed by atoms with van der Waals surface area (Å²) in [5, 5.41) is 3.29. The van der Waals surface area contributed by atoms with Crippen molar-refractivity contribution in [1.29, 1.82) is 0 Å². The average Bonchev–Trinajstić information content (AvgIpc) is 2.68. The number of hydrogen-bond donors (Lipinski definition) is 1. The van der Waals surface area contributed by atoms with E-state index in [2.05, 4.69) is 15.2 Å². The maximum Gasteiger partial charge on any atom is 0.417 e. The number of rotatable bonds is 5. The molecular formula is C19H20ClF3N4O. The van der Waals surface area contributed by atoms with Crippen molar-refractivity contribution < 1.29 is 18.0 Å². The van der Waals surface area contributed by atoms with Crippen LogP contribution in [0.1, 0.15) is 12.0 Å². The zero-order chi connectivity index (χ0) is 20.1. The lowest BCUT2D eigenvalue weighted by Gasteiger charge is -2.35. The Morgan fingerprint density at radius 3 is 2.43 bits per heavy atom. The van der Waals surface area contributed by atoms with Crippen molar-refractivity contribution in [3.8, 4) is 0 Å². The highest BCUT2D eigenvalue weighted by atomic mass is 35.5. The first kappa shape index (κ1) is 20.4. The molecule has 28 heavy (non-hydrogen) atoms. The van der Waals surface area contributed by atoms with Gasteiger partial charge in [0.1, 0.15) is 5.82 Å². The predicted molar refractivity (Wildman–Crippen MR) is 103 cm³/mol. The molecule has 2 aromatic rings. The number of amides is 1. The molecule has 150 valence electrons. The van der Waals surface area contributed by atoms with Crippen molar-refractivity contribution in [1.82, 2.24) is 9.88 Å². The molecule has 0 bridgehead atoms. The molecule has 1 aliphatic heterocycles. The van der Waals surface area contributed by atoms with E-state index in [1.165, 1.54) is 6.07 Å². The Morgan fingerprint density at radius 2 is 1.82 bits per heavy atom. The Hall–Kier alpha value is -2.32. The molecule has 3 rings (SSSR count). The molecular weight excluding hydrogens is 393 g/mol. The second kappa shape index (κ2) is 8.79. The van der Waals surface area contributed by atoms with E-state index in [4.69, 9.17) is 11.6 Å². The first-order valence-corrected chi connectivity index (χ1v) is 9.25. The van der Waals surface area contributed by atoms with Gasteiger partial charge in [0, 0.05) is 45.3 Å². The van der Waals surface area contributed by atoms with Crippen LogP contribution in [0.5, 0.6) is 0 Å². The zero-order valence-electron chi connectivity index (χ0n) is 15.0. The number of alkyl halides is 3. The van der Waals surface area contributed by atoms with Crippen LogP contribution < -0.4 is 10.2 Å². The number of halogens is 4. The van der Waals surface area contributed by atoms with E-state index in [-0.39, 0.29) is 5.91 Å². The monoisotopic (exact) mass is 412 g/mol. The number of aromatic nitrogens is 1. The first-order valence-electron chi connectivity index (χ1n) is 8.88. The van der Waals surface area contributed by atoms with Gasteiger partial charge < -0.3 is 10.2 Å². The smallest absolute Gasteiger partial charge is 0.354 e. The summed E-state index contributed by atoms with van der Waals surface area (Å²) < 4.78 is 37.9.